The fourth-order valence-electron chi connectivity index (χ4n) is 1.25. The third kappa shape index (κ3) is 2.12. The van der Waals surface area contributed by atoms with E-state index in [0.29, 0.717) is 13.1 Å². The summed E-state index contributed by atoms with van der Waals surface area (Å²) in [5.74, 6) is 0. The van der Waals surface area contributed by atoms with Crippen molar-refractivity contribution in [1.29, 1.82) is 0 Å². The maximum absolute atomic E-state index is 12.3. The Balaban J connectivity index is 2.67. The highest BCUT2D eigenvalue weighted by molar-refractivity contribution is 4.96. The third-order valence-electron chi connectivity index (χ3n) is 2.29. The van der Waals surface area contributed by atoms with Gasteiger partial charge in [0.1, 0.15) is 0 Å². The van der Waals surface area contributed by atoms with E-state index in [9.17, 15) is 18.3 Å². The van der Waals surface area contributed by atoms with Gasteiger partial charge in [0.15, 0.2) is 5.60 Å². The number of nitrogens with one attached hydrogen (secondary N) is 2. The lowest BCUT2D eigenvalue weighted by Gasteiger charge is -2.37. The van der Waals surface area contributed by atoms with E-state index in [2.05, 4.69) is 10.6 Å². The molecule has 2 unspecified atom stereocenters. The molecule has 1 fully saturated rings. The Morgan fingerprint density at radius 3 is 2.31 bits per heavy atom. The number of alkyl halides is 3. The first-order chi connectivity index (χ1) is 5.86. The van der Waals surface area contributed by atoms with Crippen LogP contribution < -0.4 is 10.6 Å². The molecule has 6 heteroatoms. The smallest absolute Gasteiger partial charge is 0.379 e. The van der Waals surface area contributed by atoms with Gasteiger partial charge in [-0.3, -0.25) is 0 Å². The lowest BCUT2D eigenvalue weighted by Crippen LogP contribution is -2.64. The molecule has 1 rings (SSSR count). The van der Waals surface area contributed by atoms with Crippen molar-refractivity contribution in [2.75, 3.05) is 19.6 Å². The maximum Gasteiger partial charge on any atom is 0.418 e. The Morgan fingerprint density at radius 1 is 1.31 bits per heavy atom. The minimum absolute atomic E-state index is 0.131. The molecule has 3 nitrogen and oxygen atoms in total. The average Bonchev–Trinajstić information content (AvgIpc) is 2.04. The fraction of sp³-hybridized carbons (Fsp3) is 1.00. The molecular weight excluding hydrogens is 185 g/mol. The first kappa shape index (κ1) is 10.7. The molecular formula is C7H13F3N2O. The van der Waals surface area contributed by atoms with Crippen LogP contribution in [0.1, 0.15) is 6.92 Å². The first-order valence-electron chi connectivity index (χ1n) is 4.09. The lowest BCUT2D eigenvalue weighted by atomic mass is 9.94. The van der Waals surface area contributed by atoms with Crippen LogP contribution in [0.5, 0.6) is 0 Å². The zero-order valence-corrected chi connectivity index (χ0v) is 7.28. The number of aliphatic hydroxyl groups is 1. The molecule has 0 bridgehead atoms. The van der Waals surface area contributed by atoms with E-state index in [-0.39, 0.29) is 6.54 Å². The van der Waals surface area contributed by atoms with Crippen molar-refractivity contribution in [1.82, 2.24) is 10.6 Å². The Bertz CT molecular complexity index is 175. The van der Waals surface area contributed by atoms with Gasteiger partial charge in [-0.1, -0.05) is 0 Å². The molecule has 1 aliphatic rings. The Kier molecular flexibility index (Phi) is 2.84. The van der Waals surface area contributed by atoms with Crippen molar-refractivity contribution < 1.29 is 18.3 Å². The fourth-order valence-corrected chi connectivity index (χ4v) is 1.25. The first-order valence-corrected chi connectivity index (χ1v) is 4.09. The number of hydrogen-bond acceptors (Lipinski definition) is 3. The number of rotatable bonds is 1. The van der Waals surface area contributed by atoms with Crippen LogP contribution in [-0.2, 0) is 0 Å². The summed E-state index contributed by atoms with van der Waals surface area (Å²) in [5, 5.41) is 14.7. The predicted octanol–water partition coefficient (Wildman–Crippen LogP) is -0.139. The van der Waals surface area contributed by atoms with Gasteiger partial charge in [-0.25, -0.2) is 0 Å². The van der Waals surface area contributed by atoms with Gasteiger partial charge in [0.25, 0.3) is 0 Å². The second kappa shape index (κ2) is 3.43. The van der Waals surface area contributed by atoms with Gasteiger partial charge in [-0.15, -0.1) is 0 Å². The average molecular weight is 198 g/mol. The summed E-state index contributed by atoms with van der Waals surface area (Å²) in [6, 6.07) is -0.971. The van der Waals surface area contributed by atoms with E-state index in [1.165, 1.54) is 0 Å². The summed E-state index contributed by atoms with van der Waals surface area (Å²) in [6.07, 6.45) is -4.59. The molecule has 0 radical (unpaired) electrons. The van der Waals surface area contributed by atoms with Crippen LogP contribution in [0.25, 0.3) is 0 Å². The van der Waals surface area contributed by atoms with Crippen molar-refractivity contribution in [3.05, 3.63) is 0 Å². The summed E-state index contributed by atoms with van der Waals surface area (Å²) in [5.41, 5.74) is -2.67. The quantitative estimate of drug-likeness (QED) is 0.549. The molecule has 1 saturated heterocycles. The zero-order valence-electron chi connectivity index (χ0n) is 7.28. The van der Waals surface area contributed by atoms with Crippen molar-refractivity contribution >= 4 is 0 Å². The minimum atomic E-state index is -4.59. The lowest BCUT2D eigenvalue weighted by molar-refractivity contribution is -0.263. The topological polar surface area (TPSA) is 44.3 Å². The Hall–Kier alpha value is -0.330. The molecule has 0 aromatic carbocycles. The van der Waals surface area contributed by atoms with E-state index in [0.717, 1.165) is 6.92 Å². The van der Waals surface area contributed by atoms with Gasteiger partial charge < -0.3 is 15.7 Å². The van der Waals surface area contributed by atoms with Crippen molar-refractivity contribution in [2.45, 2.75) is 24.7 Å². The number of hydrogen-bond donors (Lipinski definition) is 3. The molecule has 0 aliphatic carbocycles. The molecule has 0 spiro atoms. The Labute approximate surface area is 74.3 Å². The monoisotopic (exact) mass is 198 g/mol. The van der Waals surface area contributed by atoms with Crippen LogP contribution in [-0.4, -0.2) is 42.6 Å². The minimum Gasteiger partial charge on any atom is -0.379 e. The van der Waals surface area contributed by atoms with E-state index < -0.39 is 17.8 Å². The SMILES string of the molecule is CC(O)(C1CNCCN1)C(F)(F)F. The van der Waals surface area contributed by atoms with Gasteiger partial charge in [-0.05, 0) is 6.92 Å². The van der Waals surface area contributed by atoms with Crippen molar-refractivity contribution in [2.24, 2.45) is 0 Å². The highest BCUT2D eigenvalue weighted by Crippen LogP contribution is 2.32. The van der Waals surface area contributed by atoms with Gasteiger partial charge in [0.2, 0.25) is 0 Å². The third-order valence-corrected chi connectivity index (χ3v) is 2.29. The van der Waals surface area contributed by atoms with E-state index in [4.69, 9.17) is 0 Å². The molecule has 0 aromatic rings. The molecule has 0 amide bonds. The van der Waals surface area contributed by atoms with Crippen LogP contribution in [0.15, 0.2) is 0 Å². The molecule has 0 aromatic heterocycles. The highest BCUT2D eigenvalue weighted by Gasteiger charge is 2.54. The van der Waals surface area contributed by atoms with Crippen LogP contribution in [0.3, 0.4) is 0 Å². The van der Waals surface area contributed by atoms with Crippen molar-refractivity contribution in [3.63, 3.8) is 0 Å². The second-order valence-electron chi connectivity index (χ2n) is 3.36. The molecule has 78 valence electrons. The van der Waals surface area contributed by atoms with E-state index in [1.807, 2.05) is 0 Å². The number of halogens is 3. The number of piperazine rings is 1. The summed E-state index contributed by atoms with van der Waals surface area (Å²) in [6.45, 7) is 1.99. The normalized spacial score (nSPS) is 29.8. The molecule has 1 aliphatic heterocycles. The molecule has 3 N–H and O–H groups in total. The summed E-state index contributed by atoms with van der Waals surface area (Å²) in [4.78, 5) is 0. The van der Waals surface area contributed by atoms with Crippen LogP contribution >= 0.6 is 0 Å². The second-order valence-corrected chi connectivity index (χ2v) is 3.36. The van der Waals surface area contributed by atoms with Gasteiger partial charge in [0, 0.05) is 19.6 Å². The van der Waals surface area contributed by atoms with Crippen LogP contribution in [0.4, 0.5) is 13.2 Å². The highest BCUT2D eigenvalue weighted by atomic mass is 19.4. The zero-order chi connectivity index (χ0) is 10.1. The Morgan fingerprint density at radius 2 is 1.92 bits per heavy atom. The summed E-state index contributed by atoms with van der Waals surface area (Å²) < 4.78 is 36.9. The van der Waals surface area contributed by atoms with E-state index in [1.54, 1.807) is 0 Å². The predicted molar refractivity (Wildman–Crippen MR) is 41.3 cm³/mol. The maximum atomic E-state index is 12.3. The van der Waals surface area contributed by atoms with Gasteiger partial charge >= 0.3 is 6.18 Å². The molecule has 1 heterocycles. The largest absolute Gasteiger partial charge is 0.418 e. The van der Waals surface area contributed by atoms with E-state index >= 15 is 0 Å². The van der Waals surface area contributed by atoms with Gasteiger partial charge in [0.05, 0.1) is 6.04 Å². The van der Waals surface area contributed by atoms with Crippen molar-refractivity contribution in [3.8, 4) is 0 Å². The standard InChI is InChI=1S/C7H13F3N2O/c1-6(13,7(8,9)10)5-4-11-2-3-12-5/h5,11-13H,2-4H2,1H3. The molecule has 0 saturated carbocycles. The summed E-state index contributed by atoms with van der Waals surface area (Å²) >= 11 is 0. The van der Waals surface area contributed by atoms with Crippen LogP contribution in [0.2, 0.25) is 0 Å². The van der Waals surface area contributed by atoms with Crippen LogP contribution in [0, 0.1) is 0 Å². The molecule has 13 heavy (non-hydrogen) atoms. The summed E-state index contributed by atoms with van der Waals surface area (Å²) in [7, 11) is 0. The molecule has 2 atom stereocenters. The van der Waals surface area contributed by atoms with Gasteiger partial charge in [-0.2, -0.15) is 13.2 Å².